The summed E-state index contributed by atoms with van der Waals surface area (Å²) in [4.78, 5) is 0. The topological polar surface area (TPSA) is 43.8 Å². The van der Waals surface area contributed by atoms with Crippen LogP contribution in [0.4, 0.5) is 0 Å². The Hall–Kier alpha value is -1.13. The van der Waals surface area contributed by atoms with E-state index in [1.807, 2.05) is 41.9 Å². The Morgan fingerprint density at radius 2 is 1.93 bits per heavy atom. The predicted molar refractivity (Wildman–Crippen MR) is 63.9 cm³/mol. The predicted octanol–water partition coefficient (Wildman–Crippen LogP) is 2.65. The standard InChI is InChI=1S/C11H12BrN3/c1-8(13)9-2-4-10(5-3-9)15-11(12)6-7-14-15/h2-8H,13H2,1H3. The maximum Gasteiger partial charge on any atom is 0.109 e. The molecule has 0 spiro atoms. The Bertz CT molecular complexity index is 445. The van der Waals surface area contributed by atoms with E-state index in [9.17, 15) is 0 Å². The first-order chi connectivity index (χ1) is 7.18. The van der Waals surface area contributed by atoms with Gasteiger partial charge in [0, 0.05) is 6.04 Å². The average Bonchev–Trinajstić information content (AvgIpc) is 2.65. The van der Waals surface area contributed by atoms with Crippen molar-refractivity contribution in [2.24, 2.45) is 5.73 Å². The van der Waals surface area contributed by atoms with E-state index in [2.05, 4.69) is 21.0 Å². The van der Waals surface area contributed by atoms with E-state index in [1.54, 1.807) is 6.20 Å². The van der Waals surface area contributed by atoms with Gasteiger partial charge in [-0.25, -0.2) is 4.68 Å². The van der Waals surface area contributed by atoms with Gasteiger partial charge < -0.3 is 5.73 Å². The lowest BCUT2D eigenvalue weighted by molar-refractivity contribution is 0.812. The van der Waals surface area contributed by atoms with Gasteiger partial charge in [0.1, 0.15) is 4.60 Å². The van der Waals surface area contributed by atoms with Crippen LogP contribution >= 0.6 is 15.9 Å². The van der Waals surface area contributed by atoms with E-state index in [4.69, 9.17) is 5.73 Å². The molecular weight excluding hydrogens is 254 g/mol. The number of nitrogens with zero attached hydrogens (tertiary/aromatic N) is 2. The maximum absolute atomic E-state index is 5.78. The number of halogens is 1. The fraction of sp³-hybridized carbons (Fsp3) is 0.182. The summed E-state index contributed by atoms with van der Waals surface area (Å²) in [5.41, 5.74) is 7.93. The molecule has 0 radical (unpaired) electrons. The van der Waals surface area contributed by atoms with E-state index < -0.39 is 0 Å². The highest BCUT2D eigenvalue weighted by atomic mass is 79.9. The normalized spacial score (nSPS) is 12.7. The lowest BCUT2D eigenvalue weighted by Gasteiger charge is -2.07. The minimum atomic E-state index is 0.0695. The highest BCUT2D eigenvalue weighted by Gasteiger charge is 2.03. The Morgan fingerprint density at radius 1 is 1.27 bits per heavy atom. The van der Waals surface area contributed by atoms with Crippen molar-refractivity contribution in [3.63, 3.8) is 0 Å². The third-order valence-corrected chi connectivity index (χ3v) is 2.86. The van der Waals surface area contributed by atoms with Crippen molar-refractivity contribution in [2.75, 3.05) is 0 Å². The largest absolute Gasteiger partial charge is 0.324 e. The average molecular weight is 266 g/mol. The van der Waals surface area contributed by atoms with E-state index in [-0.39, 0.29) is 6.04 Å². The molecule has 0 saturated carbocycles. The second-order valence-electron chi connectivity index (χ2n) is 3.45. The van der Waals surface area contributed by atoms with Crippen molar-refractivity contribution in [1.29, 1.82) is 0 Å². The molecule has 0 fully saturated rings. The molecule has 1 aromatic carbocycles. The summed E-state index contributed by atoms with van der Waals surface area (Å²) in [7, 11) is 0. The third-order valence-electron chi connectivity index (χ3n) is 2.26. The number of hydrogen-bond acceptors (Lipinski definition) is 2. The molecule has 1 unspecified atom stereocenters. The Labute approximate surface area is 97.0 Å². The summed E-state index contributed by atoms with van der Waals surface area (Å²) in [6.45, 7) is 1.97. The van der Waals surface area contributed by atoms with Gasteiger partial charge in [-0.2, -0.15) is 5.10 Å². The van der Waals surface area contributed by atoms with Gasteiger partial charge in [-0.1, -0.05) is 12.1 Å². The molecule has 1 heterocycles. The van der Waals surface area contributed by atoms with Crippen molar-refractivity contribution < 1.29 is 0 Å². The number of benzene rings is 1. The van der Waals surface area contributed by atoms with Gasteiger partial charge in [0.2, 0.25) is 0 Å². The molecule has 1 atom stereocenters. The molecule has 2 N–H and O–H groups in total. The smallest absolute Gasteiger partial charge is 0.109 e. The van der Waals surface area contributed by atoms with Gasteiger partial charge >= 0.3 is 0 Å². The molecule has 3 nitrogen and oxygen atoms in total. The zero-order chi connectivity index (χ0) is 10.8. The summed E-state index contributed by atoms with van der Waals surface area (Å²) >= 11 is 3.43. The molecule has 2 rings (SSSR count). The lowest BCUT2D eigenvalue weighted by Crippen LogP contribution is -2.05. The Kier molecular flexibility index (Phi) is 2.88. The molecule has 0 aliphatic heterocycles. The second kappa shape index (κ2) is 4.16. The summed E-state index contributed by atoms with van der Waals surface area (Å²) in [6, 6.07) is 10.0. The van der Waals surface area contributed by atoms with Crippen LogP contribution in [0.5, 0.6) is 0 Å². The second-order valence-corrected chi connectivity index (χ2v) is 4.26. The summed E-state index contributed by atoms with van der Waals surface area (Å²) in [5.74, 6) is 0. The zero-order valence-corrected chi connectivity index (χ0v) is 9.98. The first kappa shape index (κ1) is 10.4. The van der Waals surface area contributed by atoms with Crippen LogP contribution in [-0.4, -0.2) is 9.78 Å². The van der Waals surface area contributed by atoms with E-state index in [1.165, 1.54) is 0 Å². The van der Waals surface area contributed by atoms with Crippen molar-refractivity contribution in [3.8, 4) is 5.69 Å². The van der Waals surface area contributed by atoms with Crippen LogP contribution in [0.3, 0.4) is 0 Å². The van der Waals surface area contributed by atoms with Gasteiger partial charge in [-0.05, 0) is 46.6 Å². The van der Waals surface area contributed by atoms with Crippen LogP contribution < -0.4 is 5.73 Å². The number of nitrogens with two attached hydrogens (primary N) is 1. The number of hydrogen-bond donors (Lipinski definition) is 1. The number of aromatic nitrogens is 2. The fourth-order valence-electron chi connectivity index (χ4n) is 1.40. The van der Waals surface area contributed by atoms with Crippen molar-refractivity contribution in [1.82, 2.24) is 9.78 Å². The first-order valence-corrected chi connectivity index (χ1v) is 5.53. The van der Waals surface area contributed by atoms with E-state index >= 15 is 0 Å². The SMILES string of the molecule is CC(N)c1ccc(-n2nccc2Br)cc1. The summed E-state index contributed by atoms with van der Waals surface area (Å²) < 4.78 is 2.77. The van der Waals surface area contributed by atoms with Gasteiger partial charge in [-0.15, -0.1) is 0 Å². The molecule has 78 valence electrons. The Balaban J connectivity index is 2.36. The molecule has 0 saturated heterocycles. The van der Waals surface area contributed by atoms with Gasteiger partial charge in [0.25, 0.3) is 0 Å². The van der Waals surface area contributed by atoms with Crippen LogP contribution in [0.25, 0.3) is 5.69 Å². The molecule has 0 bridgehead atoms. The van der Waals surface area contributed by atoms with E-state index in [0.717, 1.165) is 15.9 Å². The fourth-order valence-corrected chi connectivity index (χ4v) is 1.81. The van der Waals surface area contributed by atoms with Gasteiger partial charge in [-0.3, -0.25) is 0 Å². The number of rotatable bonds is 2. The monoisotopic (exact) mass is 265 g/mol. The van der Waals surface area contributed by atoms with Crippen molar-refractivity contribution in [3.05, 3.63) is 46.7 Å². The van der Waals surface area contributed by atoms with Crippen molar-refractivity contribution in [2.45, 2.75) is 13.0 Å². The molecule has 15 heavy (non-hydrogen) atoms. The molecule has 2 aromatic rings. The van der Waals surface area contributed by atoms with Crippen LogP contribution in [0.15, 0.2) is 41.1 Å². The molecule has 0 aliphatic carbocycles. The van der Waals surface area contributed by atoms with Crippen LogP contribution in [0, 0.1) is 0 Å². The van der Waals surface area contributed by atoms with Gasteiger partial charge in [0.15, 0.2) is 0 Å². The third kappa shape index (κ3) is 2.11. The minimum Gasteiger partial charge on any atom is -0.324 e. The van der Waals surface area contributed by atoms with Gasteiger partial charge in [0.05, 0.1) is 11.9 Å². The van der Waals surface area contributed by atoms with E-state index in [0.29, 0.717) is 0 Å². The van der Waals surface area contributed by atoms with Crippen molar-refractivity contribution >= 4 is 15.9 Å². The van der Waals surface area contributed by atoms with Crippen LogP contribution in [0.1, 0.15) is 18.5 Å². The first-order valence-electron chi connectivity index (χ1n) is 4.74. The van der Waals surface area contributed by atoms with Crippen LogP contribution in [0.2, 0.25) is 0 Å². The summed E-state index contributed by atoms with van der Waals surface area (Å²) in [6.07, 6.45) is 1.75. The quantitative estimate of drug-likeness (QED) is 0.908. The molecular formula is C11H12BrN3. The highest BCUT2D eigenvalue weighted by Crippen LogP contribution is 2.17. The molecule has 0 amide bonds. The molecule has 4 heteroatoms. The highest BCUT2D eigenvalue weighted by molar-refractivity contribution is 9.10. The van der Waals surface area contributed by atoms with Crippen LogP contribution in [-0.2, 0) is 0 Å². The lowest BCUT2D eigenvalue weighted by atomic mass is 10.1. The Morgan fingerprint density at radius 3 is 2.40 bits per heavy atom. The summed E-state index contributed by atoms with van der Waals surface area (Å²) in [5, 5.41) is 4.20. The molecule has 0 aliphatic rings. The molecule has 1 aromatic heterocycles. The minimum absolute atomic E-state index is 0.0695. The maximum atomic E-state index is 5.78. The zero-order valence-electron chi connectivity index (χ0n) is 8.39.